The molecule has 1 atom stereocenters. The number of thioether (sulfide) groups is 1. The highest BCUT2D eigenvalue weighted by Crippen LogP contribution is 2.22. The van der Waals surface area contributed by atoms with Crippen molar-refractivity contribution in [1.29, 1.82) is 0 Å². The molecular weight excluding hydrogens is 222 g/mol. The largest absolute Gasteiger partial charge is 0.339 e. The SMILES string of the molecule is CCC(C)SCc1noc(C(C)(C)CN)n1. The van der Waals surface area contributed by atoms with Crippen LogP contribution >= 0.6 is 11.8 Å². The summed E-state index contributed by atoms with van der Waals surface area (Å²) in [6.45, 7) is 8.90. The van der Waals surface area contributed by atoms with E-state index in [1.54, 1.807) is 0 Å². The zero-order valence-corrected chi connectivity index (χ0v) is 11.3. The molecule has 2 N–H and O–H groups in total. The average molecular weight is 243 g/mol. The van der Waals surface area contributed by atoms with Gasteiger partial charge in [0, 0.05) is 11.8 Å². The quantitative estimate of drug-likeness (QED) is 0.830. The minimum Gasteiger partial charge on any atom is -0.339 e. The van der Waals surface area contributed by atoms with E-state index in [1.165, 1.54) is 0 Å². The van der Waals surface area contributed by atoms with Gasteiger partial charge in [0.05, 0.1) is 11.2 Å². The summed E-state index contributed by atoms with van der Waals surface area (Å²) in [7, 11) is 0. The minimum atomic E-state index is -0.230. The number of aromatic nitrogens is 2. The molecule has 0 aliphatic rings. The van der Waals surface area contributed by atoms with Gasteiger partial charge in [0.25, 0.3) is 0 Å². The molecule has 1 rings (SSSR count). The molecule has 92 valence electrons. The lowest BCUT2D eigenvalue weighted by atomic mass is 9.94. The Balaban J connectivity index is 2.58. The summed E-state index contributed by atoms with van der Waals surface area (Å²) in [4.78, 5) is 4.38. The van der Waals surface area contributed by atoms with Crippen molar-refractivity contribution in [3.05, 3.63) is 11.7 Å². The van der Waals surface area contributed by atoms with Crippen LogP contribution in [0.25, 0.3) is 0 Å². The van der Waals surface area contributed by atoms with E-state index in [2.05, 4.69) is 24.0 Å². The molecule has 0 fully saturated rings. The van der Waals surface area contributed by atoms with E-state index in [1.807, 2.05) is 25.6 Å². The van der Waals surface area contributed by atoms with Gasteiger partial charge >= 0.3 is 0 Å². The van der Waals surface area contributed by atoms with Crippen LogP contribution < -0.4 is 5.73 Å². The van der Waals surface area contributed by atoms with Gasteiger partial charge in [0.15, 0.2) is 5.82 Å². The standard InChI is InChI=1S/C11H21N3OS/c1-5-8(2)16-6-9-13-10(15-14-9)11(3,4)7-12/h8H,5-7,12H2,1-4H3. The summed E-state index contributed by atoms with van der Waals surface area (Å²) in [5, 5.41) is 4.60. The second kappa shape index (κ2) is 5.68. The first-order valence-electron chi connectivity index (χ1n) is 5.64. The van der Waals surface area contributed by atoms with Gasteiger partial charge in [-0.3, -0.25) is 0 Å². The summed E-state index contributed by atoms with van der Waals surface area (Å²) in [6, 6.07) is 0. The normalized spacial score (nSPS) is 14.1. The summed E-state index contributed by atoms with van der Waals surface area (Å²) >= 11 is 1.84. The van der Waals surface area contributed by atoms with Gasteiger partial charge < -0.3 is 10.3 Å². The van der Waals surface area contributed by atoms with Crippen molar-refractivity contribution in [3.63, 3.8) is 0 Å². The third-order valence-electron chi connectivity index (χ3n) is 2.63. The highest BCUT2D eigenvalue weighted by Gasteiger charge is 2.25. The zero-order chi connectivity index (χ0) is 12.2. The maximum absolute atomic E-state index is 5.66. The first kappa shape index (κ1) is 13.5. The number of rotatable bonds is 6. The zero-order valence-electron chi connectivity index (χ0n) is 10.5. The smallest absolute Gasteiger partial charge is 0.233 e. The Morgan fingerprint density at radius 2 is 2.19 bits per heavy atom. The van der Waals surface area contributed by atoms with Crippen molar-refractivity contribution in [2.75, 3.05) is 6.54 Å². The molecule has 16 heavy (non-hydrogen) atoms. The second-order valence-electron chi connectivity index (χ2n) is 4.63. The average Bonchev–Trinajstić information content (AvgIpc) is 2.75. The lowest BCUT2D eigenvalue weighted by Gasteiger charge is -2.15. The van der Waals surface area contributed by atoms with Gasteiger partial charge in [-0.05, 0) is 20.3 Å². The Morgan fingerprint density at radius 3 is 2.75 bits per heavy atom. The molecule has 1 aromatic rings. The Morgan fingerprint density at radius 1 is 1.50 bits per heavy atom. The predicted octanol–water partition coefficient (Wildman–Crippen LogP) is 2.34. The molecule has 0 aliphatic carbocycles. The highest BCUT2D eigenvalue weighted by atomic mass is 32.2. The predicted molar refractivity (Wildman–Crippen MR) is 67.4 cm³/mol. The van der Waals surface area contributed by atoms with Gasteiger partial charge in [-0.2, -0.15) is 16.7 Å². The molecule has 5 heteroatoms. The van der Waals surface area contributed by atoms with Crippen molar-refractivity contribution < 1.29 is 4.52 Å². The highest BCUT2D eigenvalue weighted by molar-refractivity contribution is 7.99. The van der Waals surface area contributed by atoms with Crippen LogP contribution in [0.4, 0.5) is 0 Å². The molecule has 0 saturated carbocycles. The van der Waals surface area contributed by atoms with E-state index < -0.39 is 0 Å². The van der Waals surface area contributed by atoms with Crippen LogP contribution in [0, 0.1) is 0 Å². The number of hydrogen-bond donors (Lipinski definition) is 1. The molecule has 0 aromatic carbocycles. The lowest BCUT2D eigenvalue weighted by Crippen LogP contribution is -2.28. The molecule has 0 aliphatic heterocycles. The fourth-order valence-electron chi connectivity index (χ4n) is 1.01. The van der Waals surface area contributed by atoms with E-state index in [0.29, 0.717) is 17.7 Å². The fourth-order valence-corrected chi connectivity index (χ4v) is 1.80. The van der Waals surface area contributed by atoms with E-state index in [9.17, 15) is 0 Å². The molecule has 0 amide bonds. The van der Waals surface area contributed by atoms with Crippen molar-refractivity contribution in [3.8, 4) is 0 Å². The van der Waals surface area contributed by atoms with Gasteiger partial charge in [-0.25, -0.2) is 0 Å². The number of nitrogens with zero attached hydrogens (tertiary/aromatic N) is 2. The summed E-state index contributed by atoms with van der Waals surface area (Å²) in [5.74, 6) is 2.20. The van der Waals surface area contributed by atoms with E-state index in [-0.39, 0.29) is 5.41 Å². The molecule has 0 spiro atoms. The molecule has 1 unspecified atom stereocenters. The molecule has 0 saturated heterocycles. The molecule has 0 bridgehead atoms. The van der Waals surface area contributed by atoms with E-state index >= 15 is 0 Å². The summed E-state index contributed by atoms with van der Waals surface area (Å²) < 4.78 is 5.23. The van der Waals surface area contributed by atoms with Crippen LogP contribution in [-0.2, 0) is 11.2 Å². The van der Waals surface area contributed by atoms with Crippen molar-refractivity contribution in [2.24, 2.45) is 5.73 Å². The Hall–Kier alpha value is -0.550. The van der Waals surface area contributed by atoms with Crippen molar-refractivity contribution >= 4 is 11.8 Å². The van der Waals surface area contributed by atoms with Crippen LogP contribution in [0.1, 0.15) is 45.8 Å². The minimum absolute atomic E-state index is 0.230. The van der Waals surface area contributed by atoms with Gasteiger partial charge in [0.2, 0.25) is 5.89 Å². The molecular formula is C11H21N3OS. The maximum Gasteiger partial charge on any atom is 0.233 e. The molecule has 0 radical (unpaired) electrons. The van der Waals surface area contributed by atoms with Gasteiger partial charge in [0.1, 0.15) is 0 Å². The first-order valence-corrected chi connectivity index (χ1v) is 6.69. The molecule has 1 aromatic heterocycles. The summed E-state index contributed by atoms with van der Waals surface area (Å²) in [5.41, 5.74) is 5.43. The third kappa shape index (κ3) is 3.49. The Labute approximate surface area is 101 Å². The van der Waals surface area contributed by atoms with Crippen molar-refractivity contribution in [2.45, 2.75) is 50.5 Å². The van der Waals surface area contributed by atoms with Crippen LogP contribution in [0.2, 0.25) is 0 Å². The van der Waals surface area contributed by atoms with Crippen LogP contribution in [0.3, 0.4) is 0 Å². The number of hydrogen-bond acceptors (Lipinski definition) is 5. The second-order valence-corrected chi connectivity index (χ2v) is 6.06. The molecule has 4 nitrogen and oxygen atoms in total. The first-order chi connectivity index (χ1) is 7.49. The summed E-state index contributed by atoms with van der Waals surface area (Å²) in [6.07, 6.45) is 1.16. The maximum atomic E-state index is 5.66. The van der Waals surface area contributed by atoms with E-state index in [4.69, 9.17) is 10.3 Å². The van der Waals surface area contributed by atoms with Gasteiger partial charge in [-0.15, -0.1) is 0 Å². The lowest BCUT2D eigenvalue weighted by molar-refractivity contribution is 0.309. The number of nitrogens with two attached hydrogens (primary N) is 1. The van der Waals surface area contributed by atoms with Crippen LogP contribution in [0.15, 0.2) is 4.52 Å². The van der Waals surface area contributed by atoms with Crippen LogP contribution in [0.5, 0.6) is 0 Å². The Kier molecular flexibility index (Phi) is 4.80. The Bertz CT molecular complexity index is 325. The van der Waals surface area contributed by atoms with Gasteiger partial charge in [-0.1, -0.05) is 19.0 Å². The molecule has 1 heterocycles. The van der Waals surface area contributed by atoms with E-state index in [0.717, 1.165) is 18.0 Å². The topological polar surface area (TPSA) is 64.9 Å². The monoisotopic (exact) mass is 243 g/mol. The van der Waals surface area contributed by atoms with Crippen molar-refractivity contribution in [1.82, 2.24) is 10.1 Å². The van der Waals surface area contributed by atoms with Crippen LogP contribution in [-0.4, -0.2) is 21.9 Å². The third-order valence-corrected chi connectivity index (χ3v) is 3.96. The fraction of sp³-hybridized carbons (Fsp3) is 0.818.